The minimum Gasteiger partial charge on any atom is -0.397 e. The van der Waals surface area contributed by atoms with Gasteiger partial charge in [0.2, 0.25) is 0 Å². The highest BCUT2D eigenvalue weighted by atomic mass is 79.9. The third kappa shape index (κ3) is 3.32. The van der Waals surface area contributed by atoms with E-state index in [1.54, 1.807) is 24.2 Å². The highest BCUT2D eigenvalue weighted by Gasteiger charge is 2.14. The van der Waals surface area contributed by atoms with Crippen molar-refractivity contribution in [3.63, 3.8) is 0 Å². The van der Waals surface area contributed by atoms with Crippen LogP contribution in [0.25, 0.3) is 0 Å². The van der Waals surface area contributed by atoms with E-state index in [1.165, 1.54) is 6.20 Å². The fourth-order valence-corrected chi connectivity index (χ4v) is 2.23. The summed E-state index contributed by atoms with van der Waals surface area (Å²) in [6.07, 6.45) is 3.05. The van der Waals surface area contributed by atoms with Crippen LogP contribution in [0.2, 0.25) is 0 Å². The monoisotopic (exact) mass is 319 g/mol. The average Bonchev–Trinajstić information content (AvgIpc) is 2.38. The van der Waals surface area contributed by atoms with E-state index in [1.807, 2.05) is 24.3 Å². The quantitative estimate of drug-likeness (QED) is 0.946. The largest absolute Gasteiger partial charge is 0.397 e. The first-order valence-electron chi connectivity index (χ1n) is 5.77. The molecule has 1 amide bonds. The molecular formula is C14H14BrN3O. The van der Waals surface area contributed by atoms with Gasteiger partial charge in [0, 0.05) is 24.3 Å². The Balaban J connectivity index is 2.14. The van der Waals surface area contributed by atoms with Gasteiger partial charge in [0.05, 0.1) is 17.4 Å². The third-order valence-electron chi connectivity index (χ3n) is 2.74. The smallest absolute Gasteiger partial charge is 0.256 e. The lowest BCUT2D eigenvalue weighted by Crippen LogP contribution is -2.27. The summed E-state index contributed by atoms with van der Waals surface area (Å²) in [6, 6.07) is 9.49. The fraction of sp³-hybridized carbons (Fsp3) is 0.143. The summed E-state index contributed by atoms with van der Waals surface area (Å²) in [5.74, 6) is -0.111. The molecule has 1 aromatic carbocycles. The van der Waals surface area contributed by atoms with Gasteiger partial charge in [-0.1, -0.05) is 28.1 Å². The van der Waals surface area contributed by atoms with E-state index in [9.17, 15) is 4.79 Å². The molecule has 5 heteroatoms. The predicted molar refractivity (Wildman–Crippen MR) is 78.6 cm³/mol. The van der Waals surface area contributed by atoms with Gasteiger partial charge < -0.3 is 10.6 Å². The van der Waals surface area contributed by atoms with Crippen LogP contribution in [0.4, 0.5) is 5.69 Å². The summed E-state index contributed by atoms with van der Waals surface area (Å²) in [7, 11) is 1.75. The Morgan fingerprint density at radius 1 is 1.42 bits per heavy atom. The lowest BCUT2D eigenvalue weighted by atomic mass is 10.1. The topological polar surface area (TPSA) is 59.2 Å². The maximum absolute atomic E-state index is 12.3. The molecule has 2 N–H and O–H groups in total. The van der Waals surface area contributed by atoms with Crippen LogP contribution in [0, 0.1) is 0 Å². The number of rotatable bonds is 3. The number of hydrogen-bond donors (Lipinski definition) is 1. The van der Waals surface area contributed by atoms with Gasteiger partial charge in [0.1, 0.15) is 0 Å². The molecule has 19 heavy (non-hydrogen) atoms. The van der Waals surface area contributed by atoms with Crippen LogP contribution in [0.15, 0.2) is 47.2 Å². The standard InChI is InChI=1S/C14H14BrN3O/c1-18(9-10-3-2-4-11(15)7-10)14(19)12-5-6-17-8-13(12)16/h2-8H,9,16H2,1H3. The van der Waals surface area contributed by atoms with E-state index < -0.39 is 0 Å². The van der Waals surface area contributed by atoms with Crippen LogP contribution >= 0.6 is 15.9 Å². The van der Waals surface area contributed by atoms with Crippen LogP contribution in [0.3, 0.4) is 0 Å². The van der Waals surface area contributed by atoms with Gasteiger partial charge >= 0.3 is 0 Å². The zero-order chi connectivity index (χ0) is 13.8. The number of nitrogens with two attached hydrogens (primary N) is 1. The number of carbonyl (C=O) groups is 1. The second-order valence-corrected chi connectivity index (χ2v) is 5.17. The predicted octanol–water partition coefficient (Wildman–Crippen LogP) is 2.70. The van der Waals surface area contributed by atoms with Crippen LogP contribution in [0.5, 0.6) is 0 Å². The molecule has 0 aliphatic rings. The first-order valence-corrected chi connectivity index (χ1v) is 6.56. The van der Waals surface area contributed by atoms with E-state index in [4.69, 9.17) is 5.73 Å². The highest BCUT2D eigenvalue weighted by Crippen LogP contribution is 2.16. The molecule has 0 spiro atoms. The van der Waals surface area contributed by atoms with Gasteiger partial charge in [-0.15, -0.1) is 0 Å². The van der Waals surface area contributed by atoms with Crippen molar-refractivity contribution >= 4 is 27.5 Å². The van der Waals surface area contributed by atoms with Crippen molar-refractivity contribution < 1.29 is 4.79 Å². The average molecular weight is 320 g/mol. The van der Waals surface area contributed by atoms with Crippen molar-refractivity contribution in [1.29, 1.82) is 0 Å². The number of halogens is 1. The summed E-state index contributed by atoms with van der Waals surface area (Å²) in [4.78, 5) is 17.8. The molecule has 2 rings (SSSR count). The molecule has 0 aliphatic carbocycles. The number of carbonyl (C=O) groups excluding carboxylic acids is 1. The Morgan fingerprint density at radius 3 is 2.89 bits per heavy atom. The number of hydrogen-bond acceptors (Lipinski definition) is 3. The molecule has 0 saturated carbocycles. The van der Waals surface area contributed by atoms with E-state index in [2.05, 4.69) is 20.9 Å². The van der Waals surface area contributed by atoms with Gasteiger partial charge in [-0.25, -0.2) is 0 Å². The summed E-state index contributed by atoms with van der Waals surface area (Å²) in [5, 5.41) is 0. The molecule has 0 aliphatic heterocycles. The Labute approximate surface area is 120 Å². The second-order valence-electron chi connectivity index (χ2n) is 4.25. The lowest BCUT2D eigenvalue weighted by molar-refractivity contribution is 0.0786. The summed E-state index contributed by atoms with van der Waals surface area (Å²) < 4.78 is 0.995. The minimum atomic E-state index is -0.111. The molecule has 0 radical (unpaired) electrons. The fourth-order valence-electron chi connectivity index (χ4n) is 1.79. The Kier molecular flexibility index (Phi) is 4.16. The van der Waals surface area contributed by atoms with Crippen molar-refractivity contribution in [1.82, 2.24) is 9.88 Å². The van der Waals surface area contributed by atoms with Crippen molar-refractivity contribution in [3.05, 3.63) is 58.3 Å². The summed E-state index contributed by atoms with van der Waals surface area (Å²) >= 11 is 3.41. The molecule has 0 fully saturated rings. The third-order valence-corrected chi connectivity index (χ3v) is 3.23. The van der Waals surface area contributed by atoms with Gasteiger partial charge in [0.25, 0.3) is 5.91 Å². The zero-order valence-electron chi connectivity index (χ0n) is 10.5. The first-order chi connectivity index (χ1) is 9.08. The molecular weight excluding hydrogens is 306 g/mol. The van der Waals surface area contributed by atoms with E-state index in [0.29, 0.717) is 17.8 Å². The number of aromatic nitrogens is 1. The molecule has 0 atom stereocenters. The summed E-state index contributed by atoms with van der Waals surface area (Å²) in [6.45, 7) is 0.528. The van der Waals surface area contributed by atoms with Crippen LogP contribution < -0.4 is 5.73 Å². The Morgan fingerprint density at radius 2 is 2.21 bits per heavy atom. The lowest BCUT2D eigenvalue weighted by Gasteiger charge is -2.18. The molecule has 0 unspecified atom stereocenters. The zero-order valence-corrected chi connectivity index (χ0v) is 12.1. The van der Waals surface area contributed by atoms with Crippen molar-refractivity contribution in [2.75, 3.05) is 12.8 Å². The molecule has 0 bridgehead atoms. The number of pyridine rings is 1. The van der Waals surface area contributed by atoms with Crippen LogP contribution in [-0.2, 0) is 6.54 Å². The van der Waals surface area contributed by atoms with E-state index in [0.717, 1.165) is 10.0 Å². The minimum absolute atomic E-state index is 0.111. The normalized spacial score (nSPS) is 10.2. The first kappa shape index (κ1) is 13.5. The highest BCUT2D eigenvalue weighted by molar-refractivity contribution is 9.10. The number of anilines is 1. The maximum Gasteiger partial charge on any atom is 0.256 e. The molecule has 1 heterocycles. The number of nitrogens with zero attached hydrogens (tertiary/aromatic N) is 2. The van der Waals surface area contributed by atoms with Crippen LogP contribution in [-0.4, -0.2) is 22.8 Å². The number of amides is 1. The van der Waals surface area contributed by atoms with Crippen LogP contribution in [0.1, 0.15) is 15.9 Å². The van der Waals surface area contributed by atoms with Gasteiger partial charge in [-0.3, -0.25) is 9.78 Å². The van der Waals surface area contributed by atoms with E-state index in [-0.39, 0.29) is 5.91 Å². The molecule has 0 saturated heterocycles. The van der Waals surface area contributed by atoms with Crippen molar-refractivity contribution in [3.8, 4) is 0 Å². The number of benzene rings is 1. The molecule has 2 aromatic rings. The SMILES string of the molecule is CN(Cc1cccc(Br)c1)C(=O)c1ccncc1N. The summed E-state index contributed by atoms with van der Waals surface area (Å²) in [5.41, 5.74) is 7.69. The molecule has 1 aromatic heterocycles. The Hall–Kier alpha value is -1.88. The van der Waals surface area contributed by atoms with Gasteiger partial charge in [-0.05, 0) is 23.8 Å². The van der Waals surface area contributed by atoms with Gasteiger partial charge in [-0.2, -0.15) is 0 Å². The second kappa shape index (κ2) is 5.84. The van der Waals surface area contributed by atoms with Crippen molar-refractivity contribution in [2.45, 2.75) is 6.54 Å². The number of nitrogen functional groups attached to an aromatic ring is 1. The van der Waals surface area contributed by atoms with Gasteiger partial charge in [0.15, 0.2) is 0 Å². The molecule has 98 valence electrons. The van der Waals surface area contributed by atoms with Crippen molar-refractivity contribution in [2.24, 2.45) is 0 Å². The Bertz CT molecular complexity index is 601. The molecule has 4 nitrogen and oxygen atoms in total. The maximum atomic E-state index is 12.3. The van der Waals surface area contributed by atoms with E-state index >= 15 is 0 Å².